The Morgan fingerprint density at radius 2 is 1.39 bits per heavy atom. The summed E-state index contributed by atoms with van der Waals surface area (Å²) in [5, 5.41) is 12.9. The molecule has 0 unspecified atom stereocenters. The third-order valence-corrected chi connectivity index (χ3v) is 9.05. The molecule has 0 saturated heterocycles. The molecule has 0 aromatic heterocycles. The van der Waals surface area contributed by atoms with Crippen molar-refractivity contribution in [1.29, 1.82) is 0 Å². The van der Waals surface area contributed by atoms with Gasteiger partial charge in [0.2, 0.25) is 6.54 Å². The fraction of sp³-hybridized carbons (Fsp3) is 0.333. The highest BCUT2D eigenvalue weighted by molar-refractivity contribution is 6.99. The lowest BCUT2D eigenvalue weighted by atomic mass is 10.2. The topological polar surface area (TPSA) is 52.4 Å². The lowest BCUT2D eigenvalue weighted by molar-refractivity contribution is -0.481. The van der Waals surface area contributed by atoms with Gasteiger partial charge in [0, 0.05) is 4.92 Å². The van der Waals surface area contributed by atoms with Crippen LogP contribution < -0.4 is 10.4 Å². The average molecular weight is 329 g/mol. The summed E-state index contributed by atoms with van der Waals surface area (Å²) in [5.74, 6) is 0. The molecule has 2 aromatic rings. The molecule has 2 aromatic carbocycles. The highest BCUT2D eigenvalue weighted by Gasteiger charge is 2.50. The van der Waals surface area contributed by atoms with Crippen molar-refractivity contribution >= 4 is 18.7 Å². The van der Waals surface area contributed by atoms with E-state index in [0.717, 1.165) is 10.4 Å². The van der Waals surface area contributed by atoms with E-state index in [1.807, 2.05) is 36.4 Å². The molecule has 0 fully saturated rings. The van der Waals surface area contributed by atoms with Crippen molar-refractivity contribution in [3.8, 4) is 0 Å². The van der Waals surface area contributed by atoms with Gasteiger partial charge < -0.3 is 4.43 Å². The SMILES string of the molecule is CC(C)(C)[Si](OCC[N+](=O)[O-])(c1ccccc1)c1ccccc1. The van der Waals surface area contributed by atoms with Gasteiger partial charge in [0.05, 0.1) is 6.61 Å². The first kappa shape index (κ1) is 17.4. The Balaban J connectivity index is 2.57. The quantitative estimate of drug-likeness (QED) is 0.465. The second-order valence-corrected chi connectivity index (χ2v) is 10.9. The number of benzene rings is 2. The summed E-state index contributed by atoms with van der Waals surface area (Å²) in [7, 11) is -2.62. The molecule has 2 rings (SSSR count). The van der Waals surface area contributed by atoms with E-state index in [-0.39, 0.29) is 23.1 Å². The van der Waals surface area contributed by atoms with Crippen LogP contribution in [0.1, 0.15) is 20.8 Å². The molecule has 0 aliphatic carbocycles. The number of nitrogens with zero attached hydrogens (tertiary/aromatic N) is 1. The summed E-state index contributed by atoms with van der Waals surface area (Å²) in [4.78, 5) is 10.4. The second kappa shape index (κ2) is 7.06. The van der Waals surface area contributed by atoms with E-state index in [1.165, 1.54) is 0 Å². The molecule has 0 saturated carbocycles. The first-order valence-electron chi connectivity index (χ1n) is 7.75. The molecule has 23 heavy (non-hydrogen) atoms. The van der Waals surface area contributed by atoms with E-state index in [1.54, 1.807) is 0 Å². The van der Waals surface area contributed by atoms with E-state index in [4.69, 9.17) is 4.43 Å². The molecule has 122 valence electrons. The Morgan fingerprint density at radius 1 is 0.957 bits per heavy atom. The third kappa shape index (κ3) is 3.68. The molecule has 0 bridgehead atoms. The molecule has 4 nitrogen and oxygen atoms in total. The van der Waals surface area contributed by atoms with Crippen molar-refractivity contribution in [3.63, 3.8) is 0 Å². The van der Waals surface area contributed by atoms with Crippen molar-refractivity contribution in [2.45, 2.75) is 25.8 Å². The molecular formula is C18H23NO3Si. The van der Waals surface area contributed by atoms with Gasteiger partial charge in [-0.3, -0.25) is 10.1 Å². The maximum absolute atomic E-state index is 10.7. The van der Waals surface area contributed by atoms with Crippen molar-refractivity contribution in [2.75, 3.05) is 13.2 Å². The lowest BCUT2D eigenvalue weighted by Crippen LogP contribution is -2.66. The summed E-state index contributed by atoms with van der Waals surface area (Å²) in [6.45, 7) is 6.42. The first-order valence-corrected chi connectivity index (χ1v) is 9.65. The van der Waals surface area contributed by atoms with Crippen LogP contribution in [0.15, 0.2) is 60.7 Å². The Kier molecular flexibility index (Phi) is 5.33. The van der Waals surface area contributed by atoms with Crippen molar-refractivity contribution in [3.05, 3.63) is 70.8 Å². The Morgan fingerprint density at radius 3 is 1.74 bits per heavy atom. The van der Waals surface area contributed by atoms with Gasteiger partial charge in [-0.2, -0.15) is 0 Å². The van der Waals surface area contributed by atoms with Crippen LogP contribution in [0.5, 0.6) is 0 Å². The Bertz CT molecular complexity index is 599. The normalized spacial score (nSPS) is 12.1. The number of hydrogen-bond donors (Lipinski definition) is 0. The molecule has 0 amide bonds. The van der Waals surface area contributed by atoms with Gasteiger partial charge in [-0.1, -0.05) is 81.4 Å². The fourth-order valence-corrected chi connectivity index (χ4v) is 7.59. The van der Waals surface area contributed by atoms with E-state index in [0.29, 0.717) is 0 Å². The van der Waals surface area contributed by atoms with Crippen LogP contribution in [-0.2, 0) is 4.43 Å². The van der Waals surface area contributed by atoms with Gasteiger partial charge in [-0.15, -0.1) is 0 Å². The van der Waals surface area contributed by atoms with Gasteiger partial charge in [-0.05, 0) is 15.4 Å². The van der Waals surface area contributed by atoms with E-state index in [2.05, 4.69) is 45.0 Å². The Hall–Kier alpha value is -1.98. The summed E-state index contributed by atoms with van der Waals surface area (Å²) in [6, 6.07) is 20.3. The van der Waals surface area contributed by atoms with Gasteiger partial charge in [0.25, 0.3) is 8.32 Å². The third-order valence-electron chi connectivity index (χ3n) is 4.01. The molecule has 0 heterocycles. The molecule has 0 aliphatic rings. The first-order chi connectivity index (χ1) is 10.9. The molecule has 0 spiro atoms. The molecule has 0 aliphatic heterocycles. The fourth-order valence-electron chi connectivity index (χ4n) is 3.03. The number of nitro groups is 1. The summed E-state index contributed by atoms with van der Waals surface area (Å²) in [5.41, 5.74) is 0. The number of hydrogen-bond acceptors (Lipinski definition) is 3. The van der Waals surface area contributed by atoms with Crippen molar-refractivity contribution < 1.29 is 9.35 Å². The van der Waals surface area contributed by atoms with E-state index in [9.17, 15) is 10.1 Å². The van der Waals surface area contributed by atoms with Crippen LogP contribution in [-0.4, -0.2) is 26.4 Å². The minimum absolute atomic E-state index is 0.125. The predicted octanol–water partition coefficient (Wildman–Crippen LogP) is 2.84. The maximum Gasteiger partial charge on any atom is 0.261 e. The standard InChI is InChI=1S/C18H23NO3Si/c1-18(2,3)23(22-15-14-19(20)21,16-10-6-4-7-11-16)17-12-8-5-9-13-17/h4-13H,14-15H2,1-3H3. The largest absolute Gasteiger partial charge is 0.401 e. The minimum atomic E-state index is -2.62. The van der Waals surface area contributed by atoms with Gasteiger partial charge in [0.1, 0.15) is 0 Å². The van der Waals surface area contributed by atoms with Gasteiger partial charge >= 0.3 is 0 Å². The summed E-state index contributed by atoms with van der Waals surface area (Å²) >= 11 is 0. The number of rotatable bonds is 6. The van der Waals surface area contributed by atoms with Crippen LogP contribution in [0.4, 0.5) is 0 Å². The summed E-state index contributed by atoms with van der Waals surface area (Å²) in [6.07, 6.45) is 0. The zero-order chi connectivity index (χ0) is 16.9. The maximum atomic E-state index is 10.7. The zero-order valence-corrected chi connectivity index (χ0v) is 14.9. The van der Waals surface area contributed by atoms with E-state index >= 15 is 0 Å². The molecule has 0 atom stereocenters. The van der Waals surface area contributed by atoms with Crippen LogP contribution in [0.3, 0.4) is 0 Å². The van der Waals surface area contributed by atoms with Crippen LogP contribution >= 0.6 is 0 Å². The predicted molar refractivity (Wildman–Crippen MR) is 95.4 cm³/mol. The zero-order valence-electron chi connectivity index (χ0n) is 13.9. The lowest BCUT2D eigenvalue weighted by Gasteiger charge is -2.42. The van der Waals surface area contributed by atoms with Crippen LogP contribution in [0.25, 0.3) is 0 Å². The average Bonchev–Trinajstić information content (AvgIpc) is 2.52. The minimum Gasteiger partial charge on any atom is -0.401 e. The highest BCUT2D eigenvalue weighted by Crippen LogP contribution is 2.36. The molecule has 0 N–H and O–H groups in total. The van der Waals surface area contributed by atoms with Crippen molar-refractivity contribution in [2.24, 2.45) is 0 Å². The molecule has 5 heteroatoms. The van der Waals surface area contributed by atoms with E-state index < -0.39 is 8.32 Å². The monoisotopic (exact) mass is 329 g/mol. The van der Waals surface area contributed by atoms with Crippen LogP contribution in [0, 0.1) is 10.1 Å². The van der Waals surface area contributed by atoms with Crippen molar-refractivity contribution in [1.82, 2.24) is 0 Å². The molecular weight excluding hydrogens is 306 g/mol. The van der Waals surface area contributed by atoms with Crippen LogP contribution in [0.2, 0.25) is 5.04 Å². The molecule has 0 radical (unpaired) electrons. The van der Waals surface area contributed by atoms with Gasteiger partial charge in [0.15, 0.2) is 0 Å². The Labute approximate surface area is 138 Å². The highest BCUT2D eigenvalue weighted by atomic mass is 28.4. The smallest absolute Gasteiger partial charge is 0.261 e. The van der Waals surface area contributed by atoms with Gasteiger partial charge in [-0.25, -0.2) is 0 Å². The second-order valence-electron chi connectivity index (χ2n) is 6.57. The summed E-state index contributed by atoms with van der Waals surface area (Å²) < 4.78 is 6.37.